The van der Waals surface area contributed by atoms with Gasteiger partial charge in [0.05, 0.1) is 4.88 Å². The molecule has 3 rings (SSSR count). The molecule has 8 heteroatoms. The first-order chi connectivity index (χ1) is 14.6. The van der Waals surface area contributed by atoms with Crippen molar-refractivity contribution in [3.05, 3.63) is 57.3 Å². The summed E-state index contributed by atoms with van der Waals surface area (Å²) in [5.74, 6) is -0.593. The Labute approximate surface area is 180 Å². The molecule has 0 bridgehead atoms. The minimum Gasteiger partial charge on any atom is -0.445 e. The molecule has 160 valence electrons. The number of fused-ring (bicyclic) bond motifs is 1. The number of aryl methyl sites for hydroxylation is 2. The third-order valence-corrected chi connectivity index (χ3v) is 6.08. The second-order valence-electron chi connectivity index (χ2n) is 7.21. The van der Waals surface area contributed by atoms with Gasteiger partial charge in [0, 0.05) is 17.8 Å². The van der Waals surface area contributed by atoms with Crippen molar-refractivity contribution in [1.82, 2.24) is 16.2 Å². The number of hydrogen-bond acceptors (Lipinski definition) is 5. The summed E-state index contributed by atoms with van der Waals surface area (Å²) in [6.45, 7) is 0.512. The van der Waals surface area contributed by atoms with Crippen LogP contribution in [0.25, 0.3) is 0 Å². The highest BCUT2D eigenvalue weighted by Gasteiger charge is 2.16. The zero-order valence-corrected chi connectivity index (χ0v) is 17.7. The Morgan fingerprint density at radius 2 is 1.80 bits per heavy atom. The Balaban J connectivity index is 1.28. The molecule has 1 aliphatic carbocycles. The molecule has 1 aromatic heterocycles. The fraction of sp³-hybridized carbons (Fsp3) is 0.409. The van der Waals surface area contributed by atoms with Gasteiger partial charge < -0.3 is 10.1 Å². The van der Waals surface area contributed by atoms with Gasteiger partial charge in [0.1, 0.15) is 6.61 Å². The summed E-state index contributed by atoms with van der Waals surface area (Å²) in [5.41, 5.74) is 7.07. The number of carbonyl (C=O) groups excluding carboxylic acids is 3. The third kappa shape index (κ3) is 6.88. The minimum atomic E-state index is -0.523. The van der Waals surface area contributed by atoms with Crippen molar-refractivity contribution in [1.29, 1.82) is 0 Å². The van der Waals surface area contributed by atoms with Gasteiger partial charge in [-0.15, -0.1) is 11.3 Å². The Hall–Kier alpha value is -2.87. The van der Waals surface area contributed by atoms with E-state index in [1.807, 2.05) is 36.4 Å². The molecule has 0 fully saturated rings. The summed E-state index contributed by atoms with van der Waals surface area (Å²) in [6.07, 6.45) is 5.71. The number of hydrogen-bond donors (Lipinski definition) is 3. The summed E-state index contributed by atoms with van der Waals surface area (Å²) in [7, 11) is 0. The van der Waals surface area contributed by atoms with E-state index in [4.69, 9.17) is 4.74 Å². The number of benzene rings is 1. The Morgan fingerprint density at radius 3 is 2.63 bits per heavy atom. The van der Waals surface area contributed by atoms with E-state index in [1.54, 1.807) is 0 Å². The number of nitrogens with one attached hydrogen (secondary N) is 3. The molecule has 0 saturated heterocycles. The van der Waals surface area contributed by atoms with Crippen LogP contribution in [-0.4, -0.2) is 24.5 Å². The maximum absolute atomic E-state index is 12.3. The molecular weight excluding hydrogens is 402 g/mol. The SMILES string of the molecule is O=C(CCCNC(=O)OCc1ccccc1)NNC(=O)c1cc2c(s1)CCCCC2. The van der Waals surface area contributed by atoms with Gasteiger partial charge in [0.25, 0.3) is 5.91 Å². The normalized spacial score (nSPS) is 12.9. The van der Waals surface area contributed by atoms with Crippen LogP contribution in [0.5, 0.6) is 0 Å². The topological polar surface area (TPSA) is 96.5 Å². The van der Waals surface area contributed by atoms with Crippen molar-refractivity contribution >= 4 is 29.2 Å². The summed E-state index contributed by atoms with van der Waals surface area (Å²) in [5, 5.41) is 2.61. The summed E-state index contributed by atoms with van der Waals surface area (Å²) >= 11 is 1.51. The van der Waals surface area contributed by atoms with E-state index < -0.39 is 6.09 Å². The minimum absolute atomic E-state index is 0.181. The monoisotopic (exact) mass is 429 g/mol. The van der Waals surface area contributed by atoms with Crippen molar-refractivity contribution in [3.63, 3.8) is 0 Å². The van der Waals surface area contributed by atoms with Gasteiger partial charge in [0.15, 0.2) is 0 Å². The van der Waals surface area contributed by atoms with Crippen molar-refractivity contribution in [3.8, 4) is 0 Å². The Bertz CT molecular complexity index is 843. The van der Waals surface area contributed by atoms with Gasteiger partial charge in [-0.25, -0.2) is 4.79 Å². The first-order valence-electron chi connectivity index (χ1n) is 10.3. The van der Waals surface area contributed by atoms with E-state index in [0.717, 1.165) is 24.8 Å². The van der Waals surface area contributed by atoms with Gasteiger partial charge in [-0.05, 0) is 49.3 Å². The molecule has 0 spiro atoms. The first kappa shape index (κ1) is 21.8. The average Bonchev–Trinajstić information content (AvgIpc) is 3.05. The van der Waals surface area contributed by atoms with Crippen molar-refractivity contribution in [2.24, 2.45) is 0 Å². The standard InChI is InChI=1S/C22H27N3O4S/c26-20(12-7-13-23-22(28)29-15-16-8-3-1-4-9-16)24-25-21(27)19-14-17-10-5-2-6-11-18(17)30-19/h1,3-4,8-9,14H,2,5-7,10-13,15H2,(H,23,28)(H,24,26)(H,25,27). The molecule has 7 nitrogen and oxygen atoms in total. The Morgan fingerprint density at radius 1 is 1.00 bits per heavy atom. The molecule has 0 unspecified atom stereocenters. The van der Waals surface area contributed by atoms with Crippen LogP contribution in [-0.2, 0) is 29.0 Å². The van der Waals surface area contributed by atoms with Crippen LogP contribution < -0.4 is 16.2 Å². The van der Waals surface area contributed by atoms with Crippen LogP contribution in [0.1, 0.15) is 57.8 Å². The molecule has 0 saturated carbocycles. The predicted octanol–water partition coefficient (Wildman–Crippen LogP) is 3.48. The van der Waals surface area contributed by atoms with E-state index in [1.165, 1.54) is 34.6 Å². The molecule has 3 amide bonds. The summed E-state index contributed by atoms with van der Waals surface area (Å²) < 4.78 is 5.10. The molecular formula is C22H27N3O4S. The number of rotatable bonds is 7. The van der Waals surface area contributed by atoms with Crippen LogP contribution in [0.4, 0.5) is 4.79 Å². The predicted molar refractivity (Wildman–Crippen MR) is 115 cm³/mol. The van der Waals surface area contributed by atoms with E-state index in [0.29, 0.717) is 17.8 Å². The molecule has 1 heterocycles. The van der Waals surface area contributed by atoms with Gasteiger partial charge in [-0.2, -0.15) is 0 Å². The lowest BCUT2D eigenvalue weighted by Crippen LogP contribution is -2.41. The fourth-order valence-corrected chi connectivity index (χ4v) is 4.39. The van der Waals surface area contributed by atoms with Gasteiger partial charge in [0.2, 0.25) is 5.91 Å². The van der Waals surface area contributed by atoms with Gasteiger partial charge in [-0.3, -0.25) is 20.4 Å². The molecule has 30 heavy (non-hydrogen) atoms. The zero-order valence-electron chi connectivity index (χ0n) is 16.9. The summed E-state index contributed by atoms with van der Waals surface area (Å²) in [6, 6.07) is 11.3. The fourth-order valence-electron chi connectivity index (χ4n) is 3.24. The van der Waals surface area contributed by atoms with E-state index >= 15 is 0 Å². The third-order valence-electron chi connectivity index (χ3n) is 4.85. The maximum atomic E-state index is 12.3. The number of ether oxygens (including phenoxy) is 1. The second kappa shape index (κ2) is 11.3. The summed E-state index contributed by atoms with van der Waals surface area (Å²) in [4.78, 5) is 37.7. The largest absolute Gasteiger partial charge is 0.445 e. The Kier molecular flexibility index (Phi) is 8.26. The molecule has 0 atom stereocenters. The highest BCUT2D eigenvalue weighted by atomic mass is 32.1. The number of hydrazine groups is 1. The number of carbonyl (C=O) groups is 3. The molecule has 1 aromatic carbocycles. The highest BCUT2D eigenvalue weighted by molar-refractivity contribution is 7.14. The molecule has 0 aliphatic heterocycles. The zero-order chi connectivity index (χ0) is 21.2. The van der Waals surface area contributed by atoms with E-state index in [9.17, 15) is 14.4 Å². The van der Waals surface area contributed by atoms with Crippen LogP contribution in [0.15, 0.2) is 36.4 Å². The lowest BCUT2D eigenvalue weighted by molar-refractivity contribution is -0.121. The van der Waals surface area contributed by atoms with E-state index in [2.05, 4.69) is 16.2 Å². The number of thiophene rings is 1. The molecule has 2 aromatic rings. The van der Waals surface area contributed by atoms with E-state index in [-0.39, 0.29) is 24.8 Å². The first-order valence-corrected chi connectivity index (χ1v) is 11.1. The van der Waals surface area contributed by atoms with Gasteiger partial charge >= 0.3 is 6.09 Å². The molecule has 3 N–H and O–H groups in total. The van der Waals surface area contributed by atoms with Crippen LogP contribution in [0.2, 0.25) is 0 Å². The maximum Gasteiger partial charge on any atom is 0.407 e. The van der Waals surface area contributed by atoms with Crippen LogP contribution in [0.3, 0.4) is 0 Å². The highest BCUT2D eigenvalue weighted by Crippen LogP contribution is 2.28. The van der Waals surface area contributed by atoms with Crippen molar-refractivity contribution < 1.29 is 19.1 Å². The van der Waals surface area contributed by atoms with Gasteiger partial charge in [-0.1, -0.05) is 36.8 Å². The van der Waals surface area contributed by atoms with Crippen molar-refractivity contribution in [2.45, 2.75) is 51.6 Å². The molecule has 0 radical (unpaired) electrons. The van der Waals surface area contributed by atoms with Crippen molar-refractivity contribution in [2.75, 3.05) is 6.54 Å². The number of amides is 3. The quantitative estimate of drug-likeness (QED) is 0.357. The number of alkyl carbamates (subject to hydrolysis) is 1. The lowest BCUT2D eigenvalue weighted by atomic mass is 10.1. The smallest absolute Gasteiger partial charge is 0.407 e. The average molecular weight is 430 g/mol. The second-order valence-corrected chi connectivity index (χ2v) is 8.35. The van der Waals surface area contributed by atoms with Crippen LogP contribution in [0, 0.1) is 0 Å². The van der Waals surface area contributed by atoms with Crippen LogP contribution >= 0.6 is 11.3 Å². The lowest BCUT2D eigenvalue weighted by Gasteiger charge is -2.08. The molecule has 1 aliphatic rings.